The van der Waals surface area contributed by atoms with Crippen LogP contribution in [0.2, 0.25) is 0 Å². The number of nitrogens with one attached hydrogen (secondary N) is 3. The Hall–Kier alpha value is -6.03. The largest absolute Gasteiger partial charge is 0.507 e. The van der Waals surface area contributed by atoms with E-state index in [-0.39, 0.29) is 35.0 Å². The minimum absolute atomic E-state index is 0.00841. The van der Waals surface area contributed by atoms with Crippen LogP contribution in [0, 0.1) is 0 Å². The van der Waals surface area contributed by atoms with Crippen LogP contribution in [0.3, 0.4) is 0 Å². The molecule has 3 aromatic rings. The summed E-state index contributed by atoms with van der Waals surface area (Å²) in [6.45, 7) is 8.50. The smallest absolute Gasteiger partial charge is 0.264 e. The lowest BCUT2D eigenvalue weighted by molar-refractivity contribution is -0.125. The Kier molecular flexibility index (Phi) is 13.9. The summed E-state index contributed by atoms with van der Waals surface area (Å²) in [7, 11) is 0. The number of imide groups is 1. The van der Waals surface area contributed by atoms with E-state index in [0.717, 1.165) is 36.4 Å². The molecule has 0 aliphatic carbocycles. The highest BCUT2D eigenvalue weighted by molar-refractivity contribution is 6.25. The van der Waals surface area contributed by atoms with E-state index in [4.69, 9.17) is 14.2 Å². The molecule has 0 saturated carbocycles. The van der Waals surface area contributed by atoms with Gasteiger partial charge in [0.2, 0.25) is 11.8 Å². The van der Waals surface area contributed by atoms with Crippen molar-refractivity contribution in [1.29, 1.82) is 0 Å². The molecular formula is C45H52N6O9. The van der Waals surface area contributed by atoms with Crippen molar-refractivity contribution in [2.75, 3.05) is 76.0 Å². The number of rotatable bonds is 21. The summed E-state index contributed by atoms with van der Waals surface area (Å²) in [5, 5.41) is 18.7. The number of para-hydroxylation sites is 1. The number of piperazine rings is 1. The number of benzene rings is 3. The lowest BCUT2D eigenvalue weighted by Gasteiger charge is -2.35. The van der Waals surface area contributed by atoms with Crippen molar-refractivity contribution in [3.8, 4) is 5.75 Å². The monoisotopic (exact) mass is 820 g/mol. The van der Waals surface area contributed by atoms with Crippen LogP contribution in [0.5, 0.6) is 5.75 Å². The number of allylic oxidation sites excluding steroid dienone is 2. The zero-order chi connectivity index (χ0) is 42.0. The Balaban J connectivity index is 0.693. The van der Waals surface area contributed by atoms with Gasteiger partial charge in [0.05, 0.1) is 56.3 Å². The second kappa shape index (κ2) is 19.8. The normalized spacial score (nSPS) is 19.7. The Bertz CT molecular complexity index is 2110. The van der Waals surface area contributed by atoms with Gasteiger partial charge < -0.3 is 45.1 Å². The first-order valence-corrected chi connectivity index (χ1v) is 20.5. The number of carbonyl (C=O) groups excluding carboxylic acids is 5. The zero-order valence-electron chi connectivity index (χ0n) is 33.6. The molecule has 3 fully saturated rings. The van der Waals surface area contributed by atoms with Crippen LogP contribution < -0.4 is 20.9 Å². The van der Waals surface area contributed by atoms with Gasteiger partial charge in [-0.05, 0) is 67.6 Å². The number of hydrogen-bond acceptors (Lipinski definition) is 12. The Morgan fingerprint density at radius 1 is 0.850 bits per heavy atom. The van der Waals surface area contributed by atoms with Gasteiger partial charge in [-0.15, -0.1) is 0 Å². The van der Waals surface area contributed by atoms with Crippen molar-refractivity contribution < 1.29 is 43.3 Å². The fourth-order valence-corrected chi connectivity index (χ4v) is 8.13. The molecule has 7 rings (SSSR count). The van der Waals surface area contributed by atoms with Crippen LogP contribution in [0.4, 0.5) is 11.4 Å². The van der Waals surface area contributed by atoms with Crippen molar-refractivity contribution in [3.05, 3.63) is 114 Å². The van der Waals surface area contributed by atoms with E-state index in [0.29, 0.717) is 94.6 Å². The molecule has 0 aromatic heterocycles. The number of amides is 4. The molecule has 15 heteroatoms. The fraction of sp³-hybridized carbons (Fsp3) is 0.400. The first kappa shape index (κ1) is 42.1. The summed E-state index contributed by atoms with van der Waals surface area (Å²) in [6.07, 6.45) is 6.27. The second-order valence-electron chi connectivity index (χ2n) is 15.2. The third-order valence-electron chi connectivity index (χ3n) is 11.2. The molecule has 4 N–H and O–H groups in total. The number of ketones is 1. The van der Waals surface area contributed by atoms with Gasteiger partial charge in [-0.3, -0.25) is 28.9 Å². The predicted molar refractivity (Wildman–Crippen MR) is 224 cm³/mol. The van der Waals surface area contributed by atoms with Gasteiger partial charge in [0, 0.05) is 74.0 Å². The molecule has 316 valence electrons. The van der Waals surface area contributed by atoms with Crippen LogP contribution in [0.25, 0.3) is 0 Å². The summed E-state index contributed by atoms with van der Waals surface area (Å²) >= 11 is 0. The summed E-state index contributed by atoms with van der Waals surface area (Å²) < 4.78 is 16.8. The average molecular weight is 821 g/mol. The molecule has 4 aliphatic heterocycles. The first-order chi connectivity index (χ1) is 29.2. The van der Waals surface area contributed by atoms with Crippen molar-refractivity contribution in [1.82, 2.24) is 20.4 Å². The molecule has 1 unspecified atom stereocenters. The number of anilines is 2. The van der Waals surface area contributed by atoms with E-state index < -0.39 is 23.8 Å². The van der Waals surface area contributed by atoms with Crippen LogP contribution in [0.15, 0.2) is 91.3 Å². The number of carbonyl (C=O) groups is 5. The molecule has 3 saturated heterocycles. The maximum atomic E-state index is 13.3. The molecule has 0 radical (unpaired) electrons. The quantitative estimate of drug-likeness (QED) is 0.0532. The SMILES string of the molecule is C=C1CCC(N2C(=O)c3cccc(NCCOCCOCCOCCC(=O)NCCc4ccc(N5C[C@@H]6C[C@H]5CN6/C=C/C(=O)c5ccccc5O)cc4)c3C2=O)C(=O)N1. The maximum absolute atomic E-state index is 13.3. The minimum Gasteiger partial charge on any atom is -0.507 e. The molecular weight excluding hydrogens is 769 g/mol. The summed E-state index contributed by atoms with van der Waals surface area (Å²) in [4.78, 5) is 69.4. The third kappa shape index (κ3) is 10.0. The Morgan fingerprint density at radius 2 is 1.60 bits per heavy atom. The third-order valence-corrected chi connectivity index (χ3v) is 11.2. The molecule has 0 spiro atoms. The number of phenols is 1. The summed E-state index contributed by atoms with van der Waals surface area (Å²) in [6, 6.07) is 19.9. The number of aromatic hydroxyl groups is 1. The minimum atomic E-state index is -0.863. The highest BCUT2D eigenvalue weighted by Gasteiger charge is 2.45. The van der Waals surface area contributed by atoms with E-state index in [1.54, 1.807) is 42.5 Å². The van der Waals surface area contributed by atoms with Crippen LogP contribution in [-0.2, 0) is 30.2 Å². The zero-order valence-corrected chi connectivity index (χ0v) is 33.6. The lowest BCUT2D eigenvalue weighted by Crippen LogP contribution is -2.51. The number of phenolic OH excluding ortho intramolecular Hbond substituents is 1. The maximum Gasteiger partial charge on any atom is 0.264 e. The second-order valence-corrected chi connectivity index (χ2v) is 15.2. The standard InChI is InChI=1S/C45H52N6O9/c1-30-9-14-38(43(55)48-30)51-44(56)36-6-4-7-37(42(36)45(51)57)46-19-22-59-24-26-60-25-23-58-21-17-41(54)47-18-15-31-10-12-32(13-11-31)50-29-33-27-34(50)28-49(33)20-16-40(53)35-5-2-3-8-39(35)52/h2-8,10-13,16,20,33-34,38,46,52H,1,9,14-15,17-19,21-29H2,(H,47,54)(H,48,55)/b20-16+/t33-,34-,38?/m0/s1. The molecule has 60 heavy (non-hydrogen) atoms. The molecule has 4 aliphatic rings. The van der Waals surface area contributed by atoms with E-state index in [9.17, 15) is 29.1 Å². The number of hydrogen-bond donors (Lipinski definition) is 4. The van der Waals surface area contributed by atoms with Crippen molar-refractivity contribution in [2.45, 2.75) is 50.2 Å². The number of fused-ring (bicyclic) bond motifs is 3. The Morgan fingerprint density at radius 3 is 2.33 bits per heavy atom. The first-order valence-electron chi connectivity index (χ1n) is 20.5. The van der Waals surface area contributed by atoms with Gasteiger partial charge in [-0.25, -0.2) is 0 Å². The van der Waals surface area contributed by atoms with E-state index >= 15 is 0 Å². The van der Waals surface area contributed by atoms with Gasteiger partial charge in [0.25, 0.3) is 11.8 Å². The summed E-state index contributed by atoms with van der Waals surface area (Å²) in [5.74, 6) is -1.65. The lowest BCUT2D eigenvalue weighted by atomic mass is 10.0. The van der Waals surface area contributed by atoms with E-state index in [1.165, 1.54) is 11.8 Å². The van der Waals surface area contributed by atoms with Gasteiger partial charge in [0.1, 0.15) is 11.8 Å². The van der Waals surface area contributed by atoms with Crippen molar-refractivity contribution in [3.63, 3.8) is 0 Å². The van der Waals surface area contributed by atoms with E-state index in [2.05, 4.69) is 56.6 Å². The molecule has 3 aromatic carbocycles. The highest BCUT2D eigenvalue weighted by atomic mass is 16.5. The molecule has 3 atom stereocenters. The highest BCUT2D eigenvalue weighted by Crippen LogP contribution is 2.35. The number of nitrogens with zero attached hydrogens (tertiary/aromatic N) is 3. The molecule has 4 amide bonds. The van der Waals surface area contributed by atoms with Gasteiger partial charge in [-0.2, -0.15) is 0 Å². The van der Waals surface area contributed by atoms with Crippen LogP contribution in [0.1, 0.15) is 62.3 Å². The molecule has 15 nitrogen and oxygen atoms in total. The summed E-state index contributed by atoms with van der Waals surface area (Å²) in [5.41, 5.74) is 4.24. The molecule has 4 heterocycles. The van der Waals surface area contributed by atoms with Gasteiger partial charge in [0.15, 0.2) is 5.78 Å². The van der Waals surface area contributed by atoms with Gasteiger partial charge in [-0.1, -0.05) is 36.9 Å². The van der Waals surface area contributed by atoms with Crippen molar-refractivity contribution in [2.24, 2.45) is 0 Å². The van der Waals surface area contributed by atoms with Crippen molar-refractivity contribution >= 4 is 40.8 Å². The van der Waals surface area contributed by atoms with E-state index in [1.807, 2.05) is 6.20 Å². The average Bonchev–Trinajstić information content (AvgIpc) is 3.92. The number of ether oxygens (including phenoxy) is 3. The fourth-order valence-electron chi connectivity index (χ4n) is 8.13. The number of likely N-dealkylation sites (tertiary alicyclic amines) is 1. The molecule has 2 bridgehead atoms. The van der Waals surface area contributed by atoms with Gasteiger partial charge >= 0.3 is 0 Å². The van der Waals surface area contributed by atoms with Crippen LogP contribution in [-0.4, -0.2) is 128 Å². The van der Waals surface area contributed by atoms with Crippen LogP contribution >= 0.6 is 0 Å². The Labute approximate surface area is 349 Å². The topological polar surface area (TPSA) is 179 Å². The predicted octanol–water partition coefficient (Wildman–Crippen LogP) is 3.65. The number of piperidine rings is 1.